The third-order valence-electron chi connectivity index (χ3n) is 4.59. The Hall–Kier alpha value is -4.40. The third-order valence-corrected chi connectivity index (χ3v) is 4.59. The van der Waals surface area contributed by atoms with E-state index in [-0.39, 0.29) is 24.4 Å². The van der Waals surface area contributed by atoms with Crippen molar-refractivity contribution in [3.05, 3.63) is 70.8 Å². The molecule has 2 aromatic carbocycles. The van der Waals surface area contributed by atoms with Crippen LogP contribution >= 0.6 is 0 Å². The van der Waals surface area contributed by atoms with Crippen LogP contribution in [0.2, 0.25) is 0 Å². The van der Waals surface area contributed by atoms with Crippen LogP contribution in [0.15, 0.2) is 48.6 Å². The fourth-order valence-electron chi connectivity index (χ4n) is 2.48. The highest BCUT2D eigenvalue weighted by atomic mass is 19.4. The number of alkyl halides is 6. The van der Waals surface area contributed by atoms with Gasteiger partial charge in [0.15, 0.2) is 5.60 Å². The first-order chi connectivity index (χ1) is 17.4. The average molecular weight is 558 g/mol. The molecular weight excluding hydrogens is 534 g/mol. The summed E-state index contributed by atoms with van der Waals surface area (Å²) in [5.74, 6) is -1.63. The quantitative estimate of drug-likeness (QED) is 0.301. The molecule has 39 heavy (non-hydrogen) atoms. The van der Waals surface area contributed by atoms with Crippen LogP contribution in [0, 0.1) is 22.7 Å². The maximum atomic E-state index is 12.7. The van der Waals surface area contributed by atoms with Crippen LogP contribution in [-0.2, 0) is 21.9 Å². The van der Waals surface area contributed by atoms with E-state index in [0.717, 1.165) is 31.2 Å². The molecule has 2 amide bonds. The summed E-state index contributed by atoms with van der Waals surface area (Å²) in [7, 11) is 0. The summed E-state index contributed by atoms with van der Waals surface area (Å²) in [5, 5.41) is 39.7. The lowest BCUT2D eigenvalue weighted by Crippen LogP contribution is -2.43. The Labute approximate surface area is 219 Å². The molecule has 0 aliphatic heterocycles. The molecule has 1 unspecified atom stereocenters. The minimum absolute atomic E-state index is 0. The second-order valence-electron chi connectivity index (χ2n) is 7.86. The Bertz CT molecular complexity index is 1310. The molecule has 0 spiro atoms. The number of benzene rings is 2. The van der Waals surface area contributed by atoms with Crippen LogP contribution in [0.4, 0.5) is 37.7 Å². The van der Waals surface area contributed by atoms with Crippen molar-refractivity contribution in [3.8, 4) is 12.1 Å². The van der Waals surface area contributed by atoms with E-state index in [1.807, 2.05) is 5.32 Å². The van der Waals surface area contributed by atoms with Gasteiger partial charge in [-0.25, -0.2) is 0 Å². The molecule has 14 heteroatoms. The van der Waals surface area contributed by atoms with E-state index in [9.17, 15) is 41.0 Å². The van der Waals surface area contributed by atoms with Crippen LogP contribution in [0.1, 0.15) is 43.5 Å². The van der Waals surface area contributed by atoms with Gasteiger partial charge in [0, 0.05) is 16.9 Å². The van der Waals surface area contributed by atoms with E-state index in [2.05, 4.69) is 11.9 Å². The molecule has 2 rings (SSSR count). The minimum Gasteiger partial charge on any atom is -0.393 e. The highest BCUT2D eigenvalue weighted by Crippen LogP contribution is 2.34. The molecule has 210 valence electrons. The highest BCUT2D eigenvalue weighted by Gasteiger charge is 2.35. The Morgan fingerprint density at radius 2 is 1.28 bits per heavy atom. The van der Waals surface area contributed by atoms with Crippen molar-refractivity contribution >= 4 is 23.2 Å². The van der Waals surface area contributed by atoms with Crippen LogP contribution in [-0.4, -0.2) is 34.2 Å². The average Bonchev–Trinajstić information content (AvgIpc) is 2.83. The van der Waals surface area contributed by atoms with Crippen LogP contribution in [0.3, 0.4) is 0 Å². The molecule has 0 radical (unpaired) electrons. The summed E-state index contributed by atoms with van der Waals surface area (Å²) < 4.78 is 76.0. The molecule has 1 atom stereocenters. The number of rotatable bonds is 5. The molecule has 0 heterocycles. The van der Waals surface area contributed by atoms with Gasteiger partial charge in [-0.3, -0.25) is 9.59 Å². The maximum absolute atomic E-state index is 12.7. The first kappa shape index (κ1) is 34.6. The van der Waals surface area contributed by atoms with Gasteiger partial charge in [0.1, 0.15) is 0 Å². The second-order valence-corrected chi connectivity index (χ2v) is 7.86. The number of nitrogens with one attached hydrogen (secondary N) is 2. The first-order valence-corrected chi connectivity index (χ1v) is 10.2. The smallest absolute Gasteiger partial charge is 0.393 e. The van der Waals surface area contributed by atoms with E-state index in [0.29, 0.717) is 6.07 Å². The number of carbonyl (C=O) groups excluding carboxylic acids is 2. The predicted molar refractivity (Wildman–Crippen MR) is 129 cm³/mol. The summed E-state index contributed by atoms with van der Waals surface area (Å²) in [6.07, 6.45) is -9.39. The van der Waals surface area contributed by atoms with Gasteiger partial charge in [-0.15, -0.1) is 0 Å². The normalized spacial score (nSPS) is 12.2. The topological polar surface area (TPSA) is 146 Å². The van der Waals surface area contributed by atoms with Crippen LogP contribution < -0.4 is 10.6 Å². The van der Waals surface area contributed by atoms with Gasteiger partial charge in [-0.1, -0.05) is 14.0 Å². The monoisotopic (exact) mass is 558 g/mol. The molecule has 0 saturated carbocycles. The van der Waals surface area contributed by atoms with E-state index >= 15 is 0 Å². The second kappa shape index (κ2) is 13.4. The lowest BCUT2D eigenvalue weighted by atomic mass is 10.1. The number of hydrogen-bond acceptors (Lipinski definition) is 6. The van der Waals surface area contributed by atoms with Gasteiger partial charge in [0.25, 0.3) is 11.8 Å². The molecule has 4 N–H and O–H groups in total. The van der Waals surface area contributed by atoms with E-state index in [1.165, 1.54) is 25.1 Å². The molecule has 0 bridgehead atoms. The van der Waals surface area contributed by atoms with Crippen molar-refractivity contribution < 1.29 is 46.1 Å². The lowest BCUT2D eigenvalue weighted by Gasteiger charge is -2.20. The standard InChI is InChI=1S/C12H11F3N2O3.C12H9F3N2O.CH4/c1-11(20,6-18)10(19)17-8-3-2-7(5-16)9(4-8)12(13,14)15;1-7(2)11(18)17-9-4-3-8(6-16)10(5-9)12(13,14)15;/h2-4,18,20H,6H2,1H3,(H,17,19);3-5H,1H2,2H3,(H,17,18);1H4. The Balaban J connectivity index is 0.000000726. The Morgan fingerprint density at radius 1 is 0.897 bits per heavy atom. The minimum atomic E-state index is -4.74. The predicted octanol–water partition coefficient (Wildman–Crippen LogP) is 4.99. The number of aliphatic hydroxyl groups is 2. The number of amides is 2. The maximum Gasteiger partial charge on any atom is 0.417 e. The zero-order chi connectivity index (χ0) is 29.5. The Kier molecular flexibility index (Phi) is 11.9. The number of anilines is 2. The molecule has 0 aliphatic rings. The van der Waals surface area contributed by atoms with Crippen molar-refractivity contribution in [1.82, 2.24) is 0 Å². The van der Waals surface area contributed by atoms with Gasteiger partial charge >= 0.3 is 12.4 Å². The lowest BCUT2D eigenvalue weighted by molar-refractivity contribution is -0.138. The third kappa shape index (κ3) is 9.77. The van der Waals surface area contributed by atoms with E-state index in [4.69, 9.17) is 15.6 Å². The van der Waals surface area contributed by atoms with Crippen molar-refractivity contribution in [2.75, 3.05) is 17.2 Å². The molecule has 0 fully saturated rings. The van der Waals surface area contributed by atoms with E-state index in [1.54, 1.807) is 0 Å². The van der Waals surface area contributed by atoms with Crippen LogP contribution in [0.25, 0.3) is 0 Å². The summed E-state index contributed by atoms with van der Waals surface area (Å²) in [6.45, 7) is 4.93. The van der Waals surface area contributed by atoms with Gasteiger partial charge in [-0.2, -0.15) is 36.9 Å². The molecule has 0 aromatic heterocycles. The van der Waals surface area contributed by atoms with Crippen molar-refractivity contribution in [1.29, 1.82) is 10.5 Å². The number of nitrogens with zero attached hydrogens (tertiary/aromatic N) is 2. The molecule has 2 aromatic rings. The van der Waals surface area contributed by atoms with Gasteiger partial charge in [-0.05, 0) is 50.2 Å². The van der Waals surface area contributed by atoms with Gasteiger partial charge in [0.2, 0.25) is 0 Å². The number of hydrogen-bond donors (Lipinski definition) is 4. The van der Waals surface area contributed by atoms with Gasteiger partial charge in [0.05, 0.1) is 41.0 Å². The molecule has 0 aliphatic carbocycles. The largest absolute Gasteiger partial charge is 0.417 e. The number of aliphatic hydroxyl groups excluding tert-OH is 1. The SMILES string of the molecule is C.C=C(C)C(=O)Nc1ccc(C#N)c(C(F)(F)F)c1.CC(O)(CO)C(=O)Nc1ccc(C#N)c(C(F)(F)F)c1. The summed E-state index contributed by atoms with van der Waals surface area (Å²) in [5.41, 5.74) is -5.56. The Morgan fingerprint density at radius 3 is 1.59 bits per heavy atom. The van der Waals surface area contributed by atoms with Crippen molar-refractivity contribution in [3.63, 3.8) is 0 Å². The van der Waals surface area contributed by atoms with Gasteiger partial charge < -0.3 is 20.8 Å². The summed E-state index contributed by atoms with van der Waals surface area (Å²) in [4.78, 5) is 22.8. The van der Waals surface area contributed by atoms with E-state index < -0.39 is 58.6 Å². The highest BCUT2D eigenvalue weighted by molar-refractivity contribution is 6.02. The number of carbonyl (C=O) groups is 2. The number of nitriles is 2. The zero-order valence-electron chi connectivity index (χ0n) is 19.8. The fraction of sp³-hybridized carbons (Fsp3) is 0.280. The molecular formula is C25H24F6N4O4. The fourth-order valence-corrected chi connectivity index (χ4v) is 2.48. The summed E-state index contributed by atoms with van der Waals surface area (Å²) in [6, 6.07) is 8.41. The van der Waals surface area contributed by atoms with Crippen molar-refractivity contribution in [2.45, 2.75) is 39.2 Å². The first-order valence-electron chi connectivity index (χ1n) is 10.2. The molecule has 0 saturated heterocycles. The van der Waals surface area contributed by atoms with Crippen LogP contribution in [0.5, 0.6) is 0 Å². The number of halogens is 6. The van der Waals surface area contributed by atoms with Crippen molar-refractivity contribution in [2.24, 2.45) is 0 Å². The molecule has 8 nitrogen and oxygen atoms in total. The zero-order valence-corrected chi connectivity index (χ0v) is 19.8. The summed E-state index contributed by atoms with van der Waals surface area (Å²) >= 11 is 0.